The Morgan fingerprint density at radius 2 is 0.148 bits per heavy atom. The summed E-state index contributed by atoms with van der Waals surface area (Å²) in [5.41, 5.74) is 0. The summed E-state index contributed by atoms with van der Waals surface area (Å²) in [6.07, 6.45) is 0. The monoisotopic (exact) mass is 1360 g/mol. The lowest BCUT2D eigenvalue weighted by Gasteiger charge is -2.17. The maximum absolute atomic E-state index is 2.54. The van der Waals surface area contributed by atoms with Crippen molar-refractivity contribution in [1.82, 2.24) is 0 Å². The highest BCUT2D eigenvalue weighted by Gasteiger charge is 2.22. The minimum absolute atomic E-state index is 1.21. The number of hydrogen-bond donors (Lipinski definition) is 0. The topological polar surface area (TPSA) is 0 Å². The third kappa shape index (κ3) is 7.92. The van der Waals surface area contributed by atoms with Gasteiger partial charge in [0, 0.05) is 0 Å². The lowest BCUT2D eigenvalue weighted by Crippen LogP contribution is -1.89. The van der Waals surface area contributed by atoms with Crippen LogP contribution in [0.25, 0.3) is 259 Å². The van der Waals surface area contributed by atoms with Crippen LogP contribution < -0.4 is 0 Å². The molecule has 0 heteroatoms. The fraction of sp³-hybridized carbons (Fsp3) is 0. The lowest BCUT2D eigenvalue weighted by atomic mass is 9.86. The van der Waals surface area contributed by atoms with Gasteiger partial charge in [-0.05, 0) is 331 Å². The molecule has 18 bridgehead atoms. The van der Waals surface area contributed by atoms with Crippen molar-refractivity contribution in [1.29, 1.82) is 0 Å². The molecule has 0 aliphatic heterocycles. The first-order valence-corrected chi connectivity index (χ1v) is 37.9. The van der Waals surface area contributed by atoms with Gasteiger partial charge in [0.25, 0.3) is 0 Å². The molecule has 0 aliphatic carbocycles. The van der Waals surface area contributed by atoms with E-state index in [0.29, 0.717) is 0 Å². The minimum Gasteiger partial charge on any atom is -0.0616 e. The van der Waals surface area contributed by atoms with Gasteiger partial charge in [0.05, 0.1) is 0 Å². The molecule has 25 rings (SSSR count). The van der Waals surface area contributed by atoms with Gasteiger partial charge in [-0.15, -0.1) is 0 Å². The molecular formula is C108H60. The molecule has 0 amide bonds. The van der Waals surface area contributed by atoms with E-state index in [0.717, 1.165) is 0 Å². The van der Waals surface area contributed by atoms with Crippen LogP contribution in [0.15, 0.2) is 364 Å². The van der Waals surface area contributed by atoms with E-state index >= 15 is 0 Å². The highest BCUT2D eigenvalue weighted by Crippen LogP contribution is 2.50. The van der Waals surface area contributed by atoms with Crippen LogP contribution in [0.2, 0.25) is 0 Å². The van der Waals surface area contributed by atoms with Gasteiger partial charge in [0.2, 0.25) is 0 Å². The highest BCUT2D eigenvalue weighted by molar-refractivity contribution is 6.42. The molecule has 0 saturated carbocycles. The zero-order valence-corrected chi connectivity index (χ0v) is 58.6. The summed E-state index contributed by atoms with van der Waals surface area (Å²) >= 11 is 0. The van der Waals surface area contributed by atoms with Crippen LogP contribution in [-0.2, 0) is 0 Å². The lowest BCUT2D eigenvalue weighted by molar-refractivity contribution is 1.79. The van der Waals surface area contributed by atoms with Crippen molar-refractivity contribution in [2.45, 2.75) is 0 Å². The quantitative estimate of drug-likeness (QED) is 0.133. The van der Waals surface area contributed by atoms with Gasteiger partial charge in [-0.2, -0.15) is 0 Å². The second-order valence-electron chi connectivity index (χ2n) is 30.2. The van der Waals surface area contributed by atoms with E-state index in [2.05, 4.69) is 364 Å². The summed E-state index contributed by atoms with van der Waals surface area (Å²) in [6.45, 7) is 0. The molecule has 108 heavy (non-hydrogen) atoms. The molecule has 0 unspecified atom stereocenters. The summed E-state index contributed by atoms with van der Waals surface area (Å²) in [5, 5.41) is 59.2. The van der Waals surface area contributed by atoms with Gasteiger partial charge >= 0.3 is 0 Å². The Hall–Kier alpha value is -14.0. The molecule has 25 aromatic carbocycles. The van der Waals surface area contributed by atoms with Crippen molar-refractivity contribution >= 4 is 259 Å². The van der Waals surface area contributed by atoms with E-state index in [4.69, 9.17) is 0 Å². The zero-order valence-electron chi connectivity index (χ0n) is 58.6. The van der Waals surface area contributed by atoms with Crippen LogP contribution in [0.5, 0.6) is 0 Å². The van der Waals surface area contributed by atoms with Gasteiger partial charge in [-0.1, -0.05) is 291 Å². The van der Waals surface area contributed by atoms with Gasteiger partial charge in [0.15, 0.2) is 0 Å². The predicted octanol–water partition coefficient (Wildman–Crippen LogP) is 31.1. The van der Waals surface area contributed by atoms with Crippen molar-refractivity contribution in [3.63, 3.8) is 0 Å². The fourth-order valence-corrected chi connectivity index (χ4v) is 20.6. The summed E-state index contributed by atoms with van der Waals surface area (Å²) in [4.78, 5) is 0. The largest absolute Gasteiger partial charge is 0.0616 e. The van der Waals surface area contributed by atoms with E-state index in [1.165, 1.54) is 259 Å². The maximum Gasteiger partial charge on any atom is -0.00259 e. The molecule has 25 aromatic rings. The maximum atomic E-state index is 2.54. The minimum atomic E-state index is 1.21. The summed E-state index contributed by atoms with van der Waals surface area (Å²) in [5.74, 6) is 0. The van der Waals surface area contributed by atoms with Gasteiger partial charge in [-0.25, -0.2) is 0 Å². The second kappa shape index (κ2) is 21.8. The average Bonchev–Trinajstić information content (AvgIpc) is 0.714. The van der Waals surface area contributed by atoms with Crippen LogP contribution in [0.1, 0.15) is 0 Å². The smallest absolute Gasteiger partial charge is 0.00259 e. The van der Waals surface area contributed by atoms with Gasteiger partial charge in [-0.3, -0.25) is 0 Å². The van der Waals surface area contributed by atoms with Crippen LogP contribution in [0.4, 0.5) is 0 Å². The normalized spacial score (nSPS) is 12.4. The Morgan fingerprint density at radius 3 is 0.231 bits per heavy atom. The molecule has 0 fully saturated rings. The molecule has 492 valence electrons. The van der Waals surface area contributed by atoms with Gasteiger partial charge < -0.3 is 0 Å². The third-order valence-electron chi connectivity index (χ3n) is 24.9. The highest BCUT2D eigenvalue weighted by atomic mass is 14.3. The molecule has 0 N–H and O–H groups in total. The van der Waals surface area contributed by atoms with Crippen molar-refractivity contribution in [3.8, 4) is 0 Å². The van der Waals surface area contributed by atoms with Gasteiger partial charge in [0.1, 0.15) is 0 Å². The third-order valence-corrected chi connectivity index (χ3v) is 24.9. The number of benzene rings is 24. The van der Waals surface area contributed by atoms with E-state index in [1.807, 2.05) is 0 Å². The van der Waals surface area contributed by atoms with Crippen LogP contribution in [0, 0.1) is 0 Å². The van der Waals surface area contributed by atoms with E-state index in [-0.39, 0.29) is 0 Å². The molecule has 0 atom stereocenters. The molecule has 0 aromatic heterocycles. The zero-order chi connectivity index (χ0) is 70.1. The molecule has 0 radical (unpaired) electrons. The van der Waals surface area contributed by atoms with Crippen molar-refractivity contribution in [2.75, 3.05) is 0 Å². The molecule has 0 aliphatic rings. The summed E-state index contributed by atoms with van der Waals surface area (Å²) in [7, 11) is 0. The van der Waals surface area contributed by atoms with Crippen LogP contribution in [0.3, 0.4) is 0 Å². The van der Waals surface area contributed by atoms with Crippen molar-refractivity contribution in [3.05, 3.63) is 364 Å². The van der Waals surface area contributed by atoms with Crippen LogP contribution in [-0.4, -0.2) is 0 Å². The molecule has 0 heterocycles. The predicted molar refractivity (Wildman–Crippen MR) is 473 cm³/mol. The number of hydrogen-bond acceptors (Lipinski definition) is 0. The van der Waals surface area contributed by atoms with E-state index < -0.39 is 0 Å². The first-order valence-electron chi connectivity index (χ1n) is 37.9. The van der Waals surface area contributed by atoms with E-state index in [9.17, 15) is 0 Å². The van der Waals surface area contributed by atoms with Crippen LogP contribution >= 0.6 is 0 Å². The fourth-order valence-electron chi connectivity index (χ4n) is 20.6. The Kier molecular flexibility index (Phi) is 11.8. The molecular weight excluding hydrogens is 1300 g/mol. The number of fused-ring (bicyclic) bond motifs is 6. The summed E-state index contributed by atoms with van der Waals surface area (Å²) < 4.78 is 0. The second-order valence-corrected chi connectivity index (χ2v) is 30.2. The Morgan fingerprint density at radius 1 is 0.0741 bits per heavy atom. The van der Waals surface area contributed by atoms with E-state index in [1.54, 1.807) is 0 Å². The number of rotatable bonds is 0. The first kappa shape index (κ1) is 58.4. The Labute approximate surface area is 618 Å². The molecule has 0 nitrogen and oxygen atoms in total. The average molecular weight is 1360 g/mol. The molecule has 0 spiro atoms. The van der Waals surface area contributed by atoms with Crippen molar-refractivity contribution < 1.29 is 0 Å². The Balaban J connectivity index is 0.943. The SMILES string of the molecule is c1ccc2c(c1)c1cc3cc(c4cc5cc(c6cc7cc(c8cc9cc(c%10cc%11cc(c%12cc%13cc1c1ccccc1c%13c1ccccc%121)c1ccccc1c%11c1ccccc%101)c1ccccc1c9c1ccccc81)c1ccccc1c7c1ccccc61)c1ccccc1c5c1ccccc41)c1ccccc1c32. The molecule has 0 saturated heterocycles. The summed E-state index contributed by atoms with van der Waals surface area (Å²) in [6, 6.07) is 141. The Bertz CT molecular complexity index is 6880. The standard InChI is InChI=1S/C108H60/c1-13-37-79-67(25-1)91-49-61-51-93(69-27-3-14-38-80(69)103(61)79)95-53-63-55-97(73-31-7-19-43-85(73)105(63)83-41-17-5-29-71(83)95)99-57-65-59-101(77-35-11-23-47-89(77)107(65)87-45-21-9-33-75(87)99)102-60-66-58-100(76-34-10-22-46-88(76)108(66)90-48-24-12-36-78(90)102)98-56-64-54-96(72-30-6-18-42-84(72)106(64)86-44-20-8-32-74(86)98)94-52-62-50-92(91)68-26-2-15-39-81(68)104(62)82-40-16-4-28-70(82)94/h1-60H. The van der Waals surface area contributed by atoms with Crippen molar-refractivity contribution in [2.24, 2.45) is 0 Å². The first-order chi connectivity index (χ1) is 53.6.